The second kappa shape index (κ2) is 6.95. The molecule has 1 aromatic rings. The van der Waals surface area contributed by atoms with Crippen molar-refractivity contribution in [3.63, 3.8) is 0 Å². The fourth-order valence-electron chi connectivity index (χ4n) is 1.53. The highest BCUT2D eigenvalue weighted by Crippen LogP contribution is 2.36. The molecule has 0 aromatic heterocycles. The Kier molecular flexibility index (Phi) is 5.83. The lowest BCUT2D eigenvalue weighted by Gasteiger charge is -2.14. The standard InChI is InChI=1S/C13H16ClF3N2O/c1-8(2)6-18-7-12(20)19-11-4-3-9(14)5-10(11)13(15,16)17/h3-5,8,18H,6-7H2,1-2H3,(H,19,20). The topological polar surface area (TPSA) is 41.1 Å². The highest BCUT2D eigenvalue weighted by atomic mass is 35.5. The minimum absolute atomic E-state index is 0.0340. The van der Waals surface area contributed by atoms with E-state index in [1.165, 1.54) is 6.07 Å². The van der Waals surface area contributed by atoms with E-state index in [-0.39, 0.29) is 17.3 Å². The smallest absolute Gasteiger partial charge is 0.324 e. The van der Waals surface area contributed by atoms with Gasteiger partial charge in [-0.2, -0.15) is 13.2 Å². The van der Waals surface area contributed by atoms with Crippen molar-refractivity contribution in [2.75, 3.05) is 18.4 Å². The van der Waals surface area contributed by atoms with Crippen molar-refractivity contribution in [2.45, 2.75) is 20.0 Å². The van der Waals surface area contributed by atoms with E-state index in [1.54, 1.807) is 0 Å². The maximum atomic E-state index is 12.8. The van der Waals surface area contributed by atoms with Gasteiger partial charge in [-0.15, -0.1) is 0 Å². The molecular formula is C13H16ClF3N2O. The van der Waals surface area contributed by atoms with Crippen molar-refractivity contribution in [1.82, 2.24) is 5.32 Å². The van der Waals surface area contributed by atoms with Gasteiger partial charge in [0.25, 0.3) is 0 Å². The SMILES string of the molecule is CC(C)CNCC(=O)Nc1ccc(Cl)cc1C(F)(F)F. The van der Waals surface area contributed by atoms with Crippen LogP contribution in [-0.2, 0) is 11.0 Å². The van der Waals surface area contributed by atoms with E-state index in [0.29, 0.717) is 12.5 Å². The Morgan fingerprint density at radius 2 is 2.00 bits per heavy atom. The van der Waals surface area contributed by atoms with Crippen molar-refractivity contribution >= 4 is 23.2 Å². The molecule has 0 atom stereocenters. The van der Waals surface area contributed by atoms with Gasteiger partial charge in [0.2, 0.25) is 5.91 Å². The molecule has 20 heavy (non-hydrogen) atoms. The quantitative estimate of drug-likeness (QED) is 0.873. The largest absolute Gasteiger partial charge is 0.418 e. The molecule has 7 heteroatoms. The second-order valence-corrected chi connectivity index (χ2v) is 5.20. The van der Waals surface area contributed by atoms with Crippen LogP contribution in [-0.4, -0.2) is 19.0 Å². The second-order valence-electron chi connectivity index (χ2n) is 4.76. The number of alkyl halides is 3. The molecule has 112 valence electrons. The van der Waals surface area contributed by atoms with Crippen LogP contribution in [0.3, 0.4) is 0 Å². The molecule has 0 unspecified atom stereocenters. The van der Waals surface area contributed by atoms with Crippen molar-refractivity contribution in [1.29, 1.82) is 0 Å². The van der Waals surface area contributed by atoms with Crippen LogP contribution >= 0.6 is 11.6 Å². The molecule has 3 nitrogen and oxygen atoms in total. The Morgan fingerprint density at radius 3 is 2.55 bits per heavy atom. The summed E-state index contributed by atoms with van der Waals surface area (Å²) in [6.07, 6.45) is -4.57. The zero-order valence-corrected chi connectivity index (χ0v) is 11.9. The molecule has 2 N–H and O–H groups in total. The van der Waals surface area contributed by atoms with Crippen LogP contribution in [0.1, 0.15) is 19.4 Å². The Bertz CT molecular complexity index is 475. The summed E-state index contributed by atoms with van der Waals surface area (Å²) in [6, 6.07) is 3.23. The molecule has 0 heterocycles. The number of anilines is 1. The molecule has 0 spiro atoms. The number of halogens is 4. The maximum absolute atomic E-state index is 12.8. The van der Waals surface area contributed by atoms with Gasteiger partial charge in [0, 0.05) is 5.02 Å². The lowest BCUT2D eigenvalue weighted by atomic mass is 10.1. The molecule has 0 bridgehead atoms. The predicted octanol–water partition coefficient (Wildman–Crippen LogP) is 3.54. The molecule has 0 fully saturated rings. The van der Waals surface area contributed by atoms with Crippen LogP contribution < -0.4 is 10.6 Å². The number of hydrogen-bond donors (Lipinski definition) is 2. The van der Waals surface area contributed by atoms with Crippen LogP contribution in [0, 0.1) is 5.92 Å². The summed E-state index contributed by atoms with van der Waals surface area (Å²) in [6.45, 7) is 4.50. The van der Waals surface area contributed by atoms with Gasteiger partial charge in [0.05, 0.1) is 17.8 Å². The van der Waals surface area contributed by atoms with Gasteiger partial charge in [-0.25, -0.2) is 0 Å². The zero-order chi connectivity index (χ0) is 15.3. The van der Waals surface area contributed by atoms with Crippen LogP contribution in [0.4, 0.5) is 18.9 Å². The molecule has 0 aliphatic carbocycles. The lowest BCUT2D eigenvalue weighted by molar-refractivity contribution is -0.137. The monoisotopic (exact) mass is 308 g/mol. The molecule has 0 aliphatic heterocycles. The van der Waals surface area contributed by atoms with Crippen molar-refractivity contribution < 1.29 is 18.0 Å². The molecule has 0 aliphatic rings. The van der Waals surface area contributed by atoms with Gasteiger partial charge in [-0.3, -0.25) is 4.79 Å². The number of carbonyl (C=O) groups excluding carboxylic acids is 1. The Balaban J connectivity index is 2.75. The minimum atomic E-state index is -4.57. The lowest BCUT2D eigenvalue weighted by Crippen LogP contribution is -2.31. The van der Waals surface area contributed by atoms with Gasteiger partial charge >= 0.3 is 6.18 Å². The van der Waals surface area contributed by atoms with Crippen LogP contribution in [0.25, 0.3) is 0 Å². The molecular weight excluding hydrogens is 293 g/mol. The first kappa shape index (κ1) is 16.8. The fraction of sp³-hybridized carbons (Fsp3) is 0.462. The molecule has 0 saturated heterocycles. The maximum Gasteiger partial charge on any atom is 0.418 e. The predicted molar refractivity (Wildman–Crippen MR) is 72.8 cm³/mol. The van der Waals surface area contributed by atoms with Gasteiger partial charge < -0.3 is 10.6 Å². The molecule has 1 amide bonds. The summed E-state index contributed by atoms with van der Waals surface area (Å²) in [7, 11) is 0. The Labute approximate surface area is 120 Å². The number of rotatable bonds is 5. The first-order valence-corrected chi connectivity index (χ1v) is 6.45. The van der Waals surface area contributed by atoms with Crippen LogP contribution in [0.2, 0.25) is 5.02 Å². The summed E-state index contributed by atoms with van der Waals surface area (Å²) in [5, 5.41) is 5.06. The third-order valence-electron chi connectivity index (χ3n) is 2.40. The Hall–Kier alpha value is -1.27. The van der Waals surface area contributed by atoms with Crippen molar-refractivity contribution in [2.24, 2.45) is 5.92 Å². The summed E-state index contributed by atoms with van der Waals surface area (Å²) >= 11 is 5.55. The zero-order valence-electron chi connectivity index (χ0n) is 11.1. The number of nitrogens with one attached hydrogen (secondary N) is 2. The number of amides is 1. The number of carbonyl (C=O) groups is 1. The summed E-state index contributed by atoms with van der Waals surface area (Å²) in [5.41, 5.74) is -1.25. The summed E-state index contributed by atoms with van der Waals surface area (Å²) in [4.78, 5) is 11.6. The number of benzene rings is 1. The van der Waals surface area contributed by atoms with Gasteiger partial charge in [0.15, 0.2) is 0 Å². The van der Waals surface area contributed by atoms with E-state index >= 15 is 0 Å². The van der Waals surface area contributed by atoms with Gasteiger partial charge in [-0.1, -0.05) is 25.4 Å². The normalized spacial score (nSPS) is 11.8. The average molecular weight is 309 g/mol. The van der Waals surface area contributed by atoms with Crippen molar-refractivity contribution in [3.8, 4) is 0 Å². The summed E-state index contributed by atoms with van der Waals surface area (Å²) in [5.74, 6) is -0.178. The van der Waals surface area contributed by atoms with Crippen LogP contribution in [0.5, 0.6) is 0 Å². The molecule has 0 radical (unpaired) electrons. The fourth-order valence-corrected chi connectivity index (χ4v) is 1.70. The highest BCUT2D eigenvalue weighted by Gasteiger charge is 2.34. The number of hydrogen-bond acceptors (Lipinski definition) is 2. The third-order valence-corrected chi connectivity index (χ3v) is 2.63. The summed E-state index contributed by atoms with van der Waals surface area (Å²) < 4.78 is 38.4. The van der Waals surface area contributed by atoms with E-state index in [4.69, 9.17) is 11.6 Å². The van der Waals surface area contributed by atoms with E-state index in [9.17, 15) is 18.0 Å². The van der Waals surface area contributed by atoms with E-state index in [1.807, 2.05) is 13.8 Å². The van der Waals surface area contributed by atoms with Crippen LogP contribution in [0.15, 0.2) is 18.2 Å². The first-order chi connectivity index (χ1) is 9.20. The van der Waals surface area contributed by atoms with E-state index in [2.05, 4.69) is 10.6 Å². The van der Waals surface area contributed by atoms with Gasteiger partial charge in [-0.05, 0) is 30.7 Å². The van der Waals surface area contributed by atoms with Crippen molar-refractivity contribution in [3.05, 3.63) is 28.8 Å². The molecule has 0 saturated carbocycles. The van der Waals surface area contributed by atoms with E-state index < -0.39 is 17.6 Å². The van der Waals surface area contributed by atoms with E-state index in [0.717, 1.165) is 12.1 Å². The highest BCUT2D eigenvalue weighted by molar-refractivity contribution is 6.30. The molecule has 1 aromatic carbocycles. The first-order valence-electron chi connectivity index (χ1n) is 6.07. The minimum Gasteiger partial charge on any atom is -0.324 e. The third kappa shape index (κ3) is 5.38. The van der Waals surface area contributed by atoms with Gasteiger partial charge in [0.1, 0.15) is 0 Å². The molecule has 1 rings (SSSR count). The Morgan fingerprint density at radius 1 is 1.35 bits per heavy atom. The average Bonchev–Trinajstić information content (AvgIpc) is 2.29.